The highest BCUT2D eigenvalue weighted by atomic mass is 19.1. The molecule has 0 aliphatic rings. The summed E-state index contributed by atoms with van der Waals surface area (Å²) >= 11 is 0. The van der Waals surface area contributed by atoms with Gasteiger partial charge in [-0.05, 0) is 36.4 Å². The van der Waals surface area contributed by atoms with Gasteiger partial charge in [0.15, 0.2) is 0 Å². The minimum absolute atomic E-state index is 0.0642. The van der Waals surface area contributed by atoms with Crippen molar-refractivity contribution in [1.82, 2.24) is 0 Å². The Bertz CT molecular complexity index is 562. The van der Waals surface area contributed by atoms with Gasteiger partial charge < -0.3 is 11.1 Å². The predicted molar refractivity (Wildman–Crippen MR) is 65.2 cm³/mol. The number of benzene rings is 2. The lowest BCUT2D eigenvalue weighted by molar-refractivity contribution is 0.102. The normalized spacial score (nSPS) is 10.1. The number of hydrogen-bond donors (Lipinski definition) is 2. The number of halogens is 2. The Hall–Kier alpha value is -2.43. The summed E-state index contributed by atoms with van der Waals surface area (Å²) in [7, 11) is 0. The second-order valence-electron chi connectivity index (χ2n) is 3.73. The highest BCUT2D eigenvalue weighted by molar-refractivity contribution is 6.04. The summed E-state index contributed by atoms with van der Waals surface area (Å²) in [6, 6.07) is 9.01. The topological polar surface area (TPSA) is 55.1 Å². The molecular weight excluding hydrogens is 238 g/mol. The zero-order valence-corrected chi connectivity index (χ0v) is 9.28. The molecule has 0 atom stereocenters. The van der Waals surface area contributed by atoms with E-state index in [1.807, 2.05) is 0 Å². The molecule has 2 rings (SSSR count). The fourth-order valence-electron chi connectivity index (χ4n) is 1.46. The van der Waals surface area contributed by atoms with E-state index in [1.54, 1.807) is 12.1 Å². The van der Waals surface area contributed by atoms with Gasteiger partial charge in [0.05, 0.1) is 0 Å². The van der Waals surface area contributed by atoms with Crippen LogP contribution in [-0.2, 0) is 0 Å². The van der Waals surface area contributed by atoms with Gasteiger partial charge >= 0.3 is 0 Å². The summed E-state index contributed by atoms with van der Waals surface area (Å²) in [6.07, 6.45) is 0. The highest BCUT2D eigenvalue weighted by Gasteiger charge is 2.07. The summed E-state index contributed by atoms with van der Waals surface area (Å²) in [5.74, 6) is -1.95. The number of rotatable bonds is 2. The number of amides is 1. The number of hydrogen-bond acceptors (Lipinski definition) is 2. The first-order valence-electron chi connectivity index (χ1n) is 5.17. The average molecular weight is 248 g/mol. The van der Waals surface area contributed by atoms with Gasteiger partial charge in [0.2, 0.25) is 0 Å². The maximum absolute atomic E-state index is 12.9. The van der Waals surface area contributed by atoms with E-state index in [2.05, 4.69) is 5.32 Å². The molecule has 5 heteroatoms. The zero-order valence-electron chi connectivity index (χ0n) is 9.28. The van der Waals surface area contributed by atoms with Crippen molar-refractivity contribution in [2.45, 2.75) is 0 Å². The predicted octanol–water partition coefficient (Wildman–Crippen LogP) is 2.80. The molecule has 2 aromatic rings. The van der Waals surface area contributed by atoms with Crippen LogP contribution in [0.15, 0.2) is 42.5 Å². The van der Waals surface area contributed by atoms with Crippen molar-refractivity contribution in [3.8, 4) is 0 Å². The molecule has 92 valence electrons. The van der Waals surface area contributed by atoms with Crippen LogP contribution in [0.2, 0.25) is 0 Å². The third-order valence-electron chi connectivity index (χ3n) is 2.29. The molecule has 0 saturated heterocycles. The third kappa shape index (κ3) is 2.82. The number of nitrogen functional groups attached to an aromatic ring is 1. The Morgan fingerprint density at radius 1 is 1.00 bits per heavy atom. The van der Waals surface area contributed by atoms with E-state index in [1.165, 1.54) is 12.1 Å². The molecule has 0 bridgehead atoms. The van der Waals surface area contributed by atoms with E-state index in [4.69, 9.17) is 5.73 Å². The molecule has 0 fully saturated rings. The van der Waals surface area contributed by atoms with Crippen LogP contribution in [0, 0.1) is 11.6 Å². The first kappa shape index (κ1) is 12.0. The summed E-state index contributed by atoms with van der Waals surface area (Å²) < 4.78 is 25.9. The number of nitrogens with two attached hydrogens (primary N) is 1. The number of carbonyl (C=O) groups excluding carboxylic acids is 1. The quantitative estimate of drug-likeness (QED) is 0.803. The average Bonchev–Trinajstić information content (AvgIpc) is 2.28. The molecule has 0 aliphatic carbocycles. The molecule has 18 heavy (non-hydrogen) atoms. The smallest absolute Gasteiger partial charge is 0.255 e. The largest absolute Gasteiger partial charge is 0.399 e. The lowest BCUT2D eigenvalue weighted by atomic mass is 10.2. The van der Waals surface area contributed by atoms with Crippen LogP contribution in [-0.4, -0.2) is 5.91 Å². The third-order valence-corrected chi connectivity index (χ3v) is 2.29. The standard InChI is InChI=1S/C13H10F2N2O/c14-9-5-10(15)7-12(6-9)17-13(18)8-1-3-11(16)4-2-8/h1-7H,16H2,(H,17,18). The van der Waals surface area contributed by atoms with Gasteiger partial charge in [-0.1, -0.05) is 0 Å². The van der Waals surface area contributed by atoms with Crippen molar-refractivity contribution in [2.24, 2.45) is 0 Å². The second-order valence-corrected chi connectivity index (χ2v) is 3.73. The molecule has 1 amide bonds. The van der Waals surface area contributed by atoms with Crippen LogP contribution in [0.3, 0.4) is 0 Å². The maximum Gasteiger partial charge on any atom is 0.255 e. The number of carbonyl (C=O) groups is 1. The summed E-state index contributed by atoms with van der Waals surface area (Å²) in [4.78, 5) is 11.8. The van der Waals surface area contributed by atoms with Crippen molar-refractivity contribution in [3.05, 3.63) is 59.7 Å². The van der Waals surface area contributed by atoms with E-state index in [0.29, 0.717) is 11.3 Å². The molecule has 3 nitrogen and oxygen atoms in total. The van der Waals surface area contributed by atoms with Crippen molar-refractivity contribution in [2.75, 3.05) is 11.1 Å². The lowest BCUT2D eigenvalue weighted by Crippen LogP contribution is -2.12. The van der Waals surface area contributed by atoms with Crippen LogP contribution in [0.1, 0.15) is 10.4 Å². The van der Waals surface area contributed by atoms with Gasteiger partial charge in [-0.25, -0.2) is 8.78 Å². The van der Waals surface area contributed by atoms with E-state index >= 15 is 0 Å². The van der Waals surface area contributed by atoms with Crippen LogP contribution >= 0.6 is 0 Å². The molecule has 0 aliphatic heterocycles. The fourth-order valence-corrected chi connectivity index (χ4v) is 1.46. The molecule has 3 N–H and O–H groups in total. The minimum atomic E-state index is -0.748. The van der Waals surface area contributed by atoms with Gasteiger partial charge in [-0.3, -0.25) is 4.79 Å². The molecule has 0 saturated carbocycles. The van der Waals surface area contributed by atoms with Crippen LogP contribution in [0.5, 0.6) is 0 Å². The minimum Gasteiger partial charge on any atom is -0.399 e. The summed E-state index contributed by atoms with van der Waals surface area (Å²) in [5.41, 5.74) is 6.44. The Balaban J connectivity index is 2.18. The van der Waals surface area contributed by atoms with Gasteiger partial charge in [-0.2, -0.15) is 0 Å². The SMILES string of the molecule is Nc1ccc(C(=O)Nc2cc(F)cc(F)c2)cc1. The Labute approximate surface area is 102 Å². The second kappa shape index (κ2) is 4.83. The van der Waals surface area contributed by atoms with Gasteiger partial charge in [0.25, 0.3) is 5.91 Å². The highest BCUT2D eigenvalue weighted by Crippen LogP contribution is 2.14. The van der Waals surface area contributed by atoms with Gasteiger partial charge in [0, 0.05) is 23.0 Å². The Kier molecular flexibility index (Phi) is 3.23. The summed E-state index contributed by atoms with van der Waals surface area (Å²) in [6.45, 7) is 0. The monoisotopic (exact) mass is 248 g/mol. The molecule has 0 radical (unpaired) electrons. The lowest BCUT2D eigenvalue weighted by Gasteiger charge is -2.06. The summed E-state index contributed by atoms with van der Waals surface area (Å²) in [5, 5.41) is 2.40. The number of nitrogens with one attached hydrogen (secondary N) is 1. The Morgan fingerprint density at radius 3 is 2.11 bits per heavy atom. The molecule has 0 heterocycles. The number of anilines is 2. The van der Waals surface area contributed by atoms with Gasteiger partial charge in [-0.15, -0.1) is 0 Å². The Morgan fingerprint density at radius 2 is 1.56 bits per heavy atom. The molecule has 0 unspecified atom stereocenters. The van der Waals surface area contributed by atoms with Crippen LogP contribution < -0.4 is 11.1 Å². The van der Waals surface area contributed by atoms with Crippen LogP contribution in [0.25, 0.3) is 0 Å². The first-order valence-corrected chi connectivity index (χ1v) is 5.17. The van der Waals surface area contributed by atoms with E-state index < -0.39 is 17.5 Å². The molecule has 2 aromatic carbocycles. The van der Waals surface area contributed by atoms with E-state index in [-0.39, 0.29) is 5.69 Å². The van der Waals surface area contributed by atoms with Gasteiger partial charge in [0.1, 0.15) is 11.6 Å². The van der Waals surface area contributed by atoms with Crippen LogP contribution in [0.4, 0.5) is 20.2 Å². The fraction of sp³-hybridized carbons (Fsp3) is 0. The van der Waals surface area contributed by atoms with Crippen molar-refractivity contribution in [3.63, 3.8) is 0 Å². The van der Waals surface area contributed by atoms with Crippen molar-refractivity contribution in [1.29, 1.82) is 0 Å². The molecule has 0 aromatic heterocycles. The first-order chi connectivity index (χ1) is 8.54. The van der Waals surface area contributed by atoms with Crippen molar-refractivity contribution < 1.29 is 13.6 Å². The maximum atomic E-state index is 12.9. The molecular formula is C13H10F2N2O. The van der Waals surface area contributed by atoms with E-state index in [0.717, 1.165) is 18.2 Å². The molecule has 0 spiro atoms. The zero-order chi connectivity index (χ0) is 13.1. The van der Waals surface area contributed by atoms with Crippen molar-refractivity contribution >= 4 is 17.3 Å². The van der Waals surface area contributed by atoms with E-state index in [9.17, 15) is 13.6 Å².